The van der Waals surface area contributed by atoms with Crippen LogP contribution in [0.1, 0.15) is 22.5 Å². The molecular weight excluding hydrogens is 414 g/mol. The lowest BCUT2D eigenvalue weighted by atomic mass is 10.2. The minimum absolute atomic E-state index is 0.0410. The van der Waals surface area contributed by atoms with Gasteiger partial charge in [-0.1, -0.05) is 0 Å². The molecule has 2 heterocycles. The number of hydrogen-bond donors (Lipinski definition) is 2. The van der Waals surface area contributed by atoms with E-state index in [9.17, 15) is 17.2 Å². The fourth-order valence-electron chi connectivity index (χ4n) is 2.78. The van der Waals surface area contributed by atoms with E-state index in [1.54, 1.807) is 16.8 Å². The Morgan fingerprint density at radius 3 is 2.43 bits per heavy atom. The highest BCUT2D eigenvalue weighted by Crippen LogP contribution is 2.15. The summed E-state index contributed by atoms with van der Waals surface area (Å²) in [5.74, 6) is -1.07. The molecule has 2 N–H and O–H groups in total. The van der Waals surface area contributed by atoms with E-state index in [4.69, 9.17) is 0 Å². The molecule has 8 nitrogen and oxygen atoms in total. The van der Waals surface area contributed by atoms with Crippen LogP contribution in [0.15, 0.2) is 30.3 Å². The van der Waals surface area contributed by atoms with Gasteiger partial charge >= 0.3 is 0 Å². The van der Waals surface area contributed by atoms with Crippen LogP contribution < -0.4 is 10.0 Å². The average Bonchev–Trinajstić information content (AvgIpc) is 2.96. The number of aryl methyl sites for hydroxylation is 1. The summed E-state index contributed by atoms with van der Waals surface area (Å²) >= 11 is 0. The molecule has 11 heteroatoms. The van der Waals surface area contributed by atoms with Crippen molar-refractivity contribution in [3.05, 3.63) is 64.5 Å². The second kappa shape index (κ2) is 8.84. The van der Waals surface area contributed by atoms with Crippen LogP contribution in [0.4, 0.5) is 14.6 Å². The lowest BCUT2D eigenvalue weighted by Crippen LogP contribution is -2.30. The SMILES string of the molecule is Cc1nn(-c2ccc(NCCNS(=O)(=O)Cc3cc(F)ccc3F)nn2)c(C)c1C. The van der Waals surface area contributed by atoms with E-state index in [0.29, 0.717) is 11.6 Å². The highest BCUT2D eigenvalue weighted by atomic mass is 32.2. The van der Waals surface area contributed by atoms with Crippen molar-refractivity contribution >= 4 is 15.8 Å². The molecule has 160 valence electrons. The lowest BCUT2D eigenvalue weighted by molar-refractivity contribution is 0.571. The zero-order chi connectivity index (χ0) is 21.9. The molecule has 0 unspecified atom stereocenters. The molecule has 3 aromatic rings. The van der Waals surface area contributed by atoms with Gasteiger partial charge in [-0.25, -0.2) is 26.6 Å². The minimum atomic E-state index is -3.82. The van der Waals surface area contributed by atoms with Gasteiger partial charge in [-0.3, -0.25) is 0 Å². The molecule has 3 rings (SSSR count). The molecule has 0 saturated carbocycles. The molecule has 0 bridgehead atoms. The Bertz CT molecular complexity index is 1150. The van der Waals surface area contributed by atoms with Crippen LogP contribution in [0.2, 0.25) is 0 Å². The van der Waals surface area contributed by atoms with Crippen molar-refractivity contribution in [2.45, 2.75) is 26.5 Å². The monoisotopic (exact) mass is 436 g/mol. The van der Waals surface area contributed by atoms with E-state index in [2.05, 4.69) is 25.3 Å². The third-order valence-electron chi connectivity index (χ3n) is 4.63. The molecule has 0 aliphatic rings. The lowest BCUT2D eigenvalue weighted by Gasteiger charge is -2.09. The third-order valence-corrected chi connectivity index (χ3v) is 5.96. The highest BCUT2D eigenvalue weighted by Gasteiger charge is 2.15. The quantitative estimate of drug-likeness (QED) is 0.526. The van der Waals surface area contributed by atoms with Crippen molar-refractivity contribution in [3.8, 4) is 5.82 Å². The van der Waals surface area contributed by atoms with Gasteiger partial charge in [0, 0.05) is 24.3 Å². The van der Waals surface area contributed by atoms with Crippen molar-refractivity contribution in [2.75, 3.05) is 18.4 Å². The Balaban J connectivity index is 1.52. The van der Waals surface area contributed by atoms with Gasteiger partial charge in [0.15, 0.2) is 5.82 Å². The average molecular weight is 436 g/mol. The van der Waals surface area contributed by atoms with Crippen LogP contribution in [-0.4, -0.2) is 41.5 Å². The van der Waals surface area contributed by atoms with Crippen molar-refractivity contribution in [3.63, 3.8) is 0 Å². The summed E-state index contributed by atoms with van der Waals surface area (Å²) in [6.07, 6.45) is 0. The Morgan fingerprint density at radius 2 is 1.80 bits per heavy atom. The van der Waals surface area contributed by atoms with E-state index < -0.39 is 27.4 Å². The van der Waals surface area contributed by atoms with Gasteiger partial charge < -0.3 is 5.32 Å². The molecule has 0 aliphatic carbocycles. The number of benzene rings is 1. The van der Waals surface area contributed by atoms with Gasteiger partial charge in [0.2, 0.25) is 10.0 Å². The number of sulfonamides is 1. The number of hydrogen-bond acceptors (Lipinski definition) is 6. The van der Waals surface area contributed by atoms with E-state index in [1.165, 1.54) is 0 Å². The first kappa shape index (κ1) is 21.8. The topological polar surface area (TPSA) is 102 Å². The second-order valence-corrected chi connectivity index (χ2v) is 8.61. The molecular formula is C19H22F2N6O2S. The number of nitrogens with zero attached hydrogens (tertiary/aromatic N) is 4. The maximum Gasteiger partial charge on any atom is 0.215 e. The van der Waals surface area contributed by atoms with Crippen LogP contribution in [0.5, 0.6) is 0 Å². The maximum atomic E-state index is 13.6. The van der Waals surface area contributed by atoms with Gasteiger partial charge in [0.05, 0.1) is 11.4 Å². The van der Waals surface area contributed by atoms with Gasteiger partial charge in [-0.2, -0.15) is 5.10 Å². The number of nitrogens with one attached hydrogen (secondary N) is 2. The largest absolute Gasteiger partial charge is 0.367 e. The van der Waals surface area contributed by atoms with E-state index in [0.717, 1.165) is 35.2 Å². The summed E-state index contributed by atoms with van der Waals surface area (Å²) < 4.78 is 55.0. The Kier molecular flexibility index (Phi) is 6.42. The fraction of sp³-hybridized carbons (Fsp3) is 0.316. The van der Waals surface area contributed by atoms with Crippen LogP contribution in [0.25, 0.3) is 5.82 Å². The molecule has 0 aliphatic heterocycles. The van der Waals surface area contributed by atoms with Crippen molar-refractivity contribution in [1.82, 2.24) is 24.7 Å². The Morgan fingerprint density at radius 1 is 1.03 bits per heavy atom. The zero-order valence-corrected chi connectivity index (χ0v) is 17.6. The summed E-state index contributed by atoms with van der Waals surface area (Å²) in [4.78, 5) is 0. The summed E-state index contributed by atoms with van der Waals surface area (Å²) in [5, 5.41) is 15.6. The van der Waals surface area contributed by atoms with Crippen LogP contribution in [0, 0.1) is 32.4 Å². The molecule has 1 aromatic carbocycles. The van der Waals surface area contributed by atoms with E-state index in [1.807, 2.05) is 20.8 Å². The van der Waals surface area contributed by atoms with Gasteiger partial charge in [0.25, 0.3) is 0 Å². The number of aromatic nitrogens is 4. The van der Waals surface area contributed by atoms with Gasteiger partial charge in [-0.15, -0.1) is 10.2 Å². The summed E-state index contributed by atoms with van der Waals surface area (Å²) in [7, 11) is -3.82. The van der Waals surface area contributed by atoms with Crippen molar-refractivity contribution < 1.29 is 17.2 Å². The highest BCUT2D eigenvalue weighted by molar-refractivity contribution is 7.88. The number of rotatable bonds is 8. The molecule has 30 heavy (non-hydrogen) atoms. The predicted octanol–water partition coefficient (Wildman–Crippen LogP) is 2.40. The smallest absolute Gasteiger partial charge is 0.215 e. The van der Waals surface area contributed by atoms with Crippen LogP contribution >= 0.6 is 0 Å². The zero-order valence-electron chi connectivity index (χ0n) is 16.8. The molecule has 0 amide bonds. The normalized spacial score (nSPS) is 11.6. The molecule has 0 saturated heterocycles. The molecule has 0 spiro atoms. The number of anilines is 1. The molecule has 2 aromatic heterocycles. The van der Waals surface area contributed by atoms with Crippen LogP contribution in [0.3, 0.4) is 0 Å². The van der Waals surface area contributed by atoms with Gasteiger partial charge in [0.1, 0.15) is 17.5 Å². The summed E-state index contributed by atoms with van der Waals surface area (Å²) in [5.41, 5.74) is 2.76. The van der Waals surface area contributed by atoms with Crippen molar-refractivity contribution in [1.29, 1.82) is 0 Å². The number of halogens is 2. The molecule has 0 fully saturated rings. The summed E-state index contributed by atoms with van der Waals surface area (Å²) in [6, 6.07) is 6.17. The Labute approximate surface area is 173 Å². The maximum absolute atomic E-state index is 13.6. The first-order valence-electron chi connectivity index (χ1n) is 9.18. The van der Waals surface area contributed by atoms with Crippen molar-refractivity contribution in [2.24, 2.45) is 0 Å². The Hall–Kier alpha value is -2.92. The van der Waals surface area contributed by atoms with Crippen LogP contribution in [-0.2, 0) is 15.8 Å². The third kappa shape index (κ3) is 5.16. The van der Waals surface area contributed by atoms with Gasteiger partial charge in [-0.05, 0) is 56.7 Å². The standard InChI is InChI=1S/C19H22F2N6O2S/c1-12-13(2)26-27(14(12)3)19-7-6-18(24-25-19)22-8-9-23-30(28,29)11-15-10-16(20)4-5-17(15)21/h4-7,10,23H,8-9,11H2,1-3H3,(H,22,24). The molecule has 0 atom stereocenters. The first-order chi connectivity index (χ1) is 14.2. The fourth-order valence-corrected chi connectivity index (χ4v) is 3.93. The molecule has 0 radical (unpaired) electrons. The first-order valence-corrected chi connectivity index (χ1v) is 10.8. The second-order valence-electron chi connectivity index (χ2n) is 6.80. The predicted molar refractivity (Wildman–Crippen MR) is 109 cm³/mol. The summed E-state index contributed by atoms with van der Waals surface area (Å²) in [6.45, 7) is 6.13. The van der Waals surface area contributed by atoms with E-state index in [-0.39, 0.29) is 18.7 Å². The van der Waals surface area contributed by atoms with E-state index >= 15 is 0 Å². The minimum Gasteiger partial charge on any atom is -0.367 e.